The number of hydrogen-bond acceptors (Lipinski definition) is 3. The number of hydrogen-bond donors (Lipinski definition) is 2. The quantitative estimate of drug-likeness (QED) is 0.540. The van der Waals surface area contributed by atoms with Crippen LogP contribution in [0.25, 0.3) is 0 Å². The van der Waals surface area contributed by atoms with Gasteiger partial charge >= 0.3 is 0 Å². The Kier molecular flexibility index (Phi) is 2.65. The average Bonchev–Trinajstić information content (AvgIpc) is 1.85. The fraction of sp³-hybridized carbons (Fsp3) is 1.00. The molecule has 0 spiro atoms. The summed E-state index contributed by atoms with van der Waals surface area (Å²) in [4.78, 5) is 0. The van der Waals surface area contributed by atoms with Crippen LogP contribution in [0.2, 0.25) is 0 Å². The maximum absolute atomic E-state index is 8.75. The van der Waals surface area contributed by atoms with Crippen molar-refractivity contribution in [3.8, 4) is 0 Å². The molecule has 1 aliphatic rings. The summed E-state index contributed by atoms with van der Waals surface area (Å²) in [5, 5.41) is 8.75. The Balaban J connectivity index is 2.35. The first-order chi connectivity index (χ1) is 4.72. The monoisotopic (exact) mass is 145 g/mol. The smallest absolute Gasteiger partial charge is 0.0824 e. The van der Waals surface area contributed by atoms with E-state index in [4.69, 9.17) is 15.6 Å². The van der Waals surface area contributed by atoms with Gasteiger partial charge in [-0.25, -0.2) is 0 Å². The van der Waals surface area contributed by atoms with Crippen LogP contribution in [-0.4, -0.2) is 30.0 Å². The molecule has 1 fully saturated rings. The van der Waals surface area contributed by atoms with Crippen LogP contribution in [0, 0.1) is 0 Å². The van der Waals surface area contributed by atoms with Crippen LogP contribution in [0.3, 0.4) is 0 Å². The molecule has 0 amide bonds. The number of rotatable bonds is 1. The van der Waals surface area contributed by atoms with E-state index < -0.39 is 0 Å². The molecular formula is C7H15NO2. The number of aliphatic hydroxyl groups excluding tert-OH is 1. The molecule has 3 atom stereocenters. The highest BCUT2D eigenvalue weighted by atomic mass is 16.5. The van der Waals surface area contributed by atoms with Crippen molar-refractivity contribution < 1.29 is 9.84 Å². The molecule has 0 radical (unpaired) electrons. The Hall–Kier alpha value is -0.120. The normalized spacial score (nSPS) is 41.7. The number of aliphatic hydroxyl groups is 1. The Morgan fingerprint density at radius 3 is 2.80 bits per heavy atom. The third kappa shape index (κ3) is 1.94. The van der Waals surface area contributed by atoms with Gasteiger partial charge in [0.25, 0.3) is 0 Å². The molecule has 0 aliphatic carbocycles. The van der Waals surface area contributed by atoms with Crippen molar-refractivity contribution in [2.45, 2.75) is 38.0 Å². The topological polar surface area (TPSA) is 55.5 Å². The van der Waals surface area contributed by atoms with Crippen LogP contribution in [0.5, 0.6) is 0 Å². The molecular weight excluding hydrogens is 130 g/mol. The number of nitrogens with two attached hydrogens (primary N) is 1. The van der Waals surface area contributed by atoms with Crippen LogP contribution < -0.4 is 5.73 Å². The van der Waals surface area contributed by atoms with Crippen LogP contribution in [0.1, 0.15) is 19.8 Å². The predicted molar refractivity (Wildman–Crippen MR) is 38.6 cm³/mol. The zero-order valence-electron chi connectivity index (χ0n) is 6.29. The molecule has 1 saturated heterocycles. The van der Waals surface area contributed by atoms with Gasteiger partial charge in [0.1, 0.15) is 0 Å². The third-order valence-corrected chi connectivity index (χ3v) is 1.83. The van der Waals surface area contributed by atoms with E-state index in [0.717, 1.165) is 12.8 Å². The van der Waals surface area contributed by atoms with E-state index in [9.17, 15) is 0 Å². The van der Waals surface area contributed by atoms with E-state index >= 15 is 0 Å². The van der Waals surface area contributed by atoms with E-state index in [0.29, 0.717) is 0 Å². The zero-order chi connectivity index (χ0) is 7.56. The second kappa shape index (κ2) is 3.32. The Labute approximate surface area is 61.2 Å². The molecule has 1 heterocycles. The molecule has 1 aliphatic heterocycles. The van der Waals surface area contributed by atoms with Crippen molar-refractivity contribution in [1.29, 1.82) is 0 Å². The average molecular weight is 145 g/mol. The van der Waals surface area contributed by atoms with Crippen molar-refractivity contribution in [2.75, 3.05) is 6.61 Å². The van der Waals surface area contributed by atoms with Crippen molar-refractivity contribution in [2.24, 2.45) is 5.73 Å². The minimum Gasteiger partial charge on any atom is -0.394 e. The molecule has 0 aromatic heterocycles. The van der Waals surface area contributed by atoms with E-state index in [1.165, 1.54) is 0 Å². The molecule has 3 nitrogen and oxygen atoms in total. The highest BCUT2D eigenvalue weighted by molar-refractivity contribution is 4.76. The molecule has 0 bridgehead atoms. The largest absolute Gasteiger partial charge is 0.394 e. The van der Waals surface area contributed by atoms with Gasteiger partial charge in [0.05, 0.1) is 18.8 Å². The molecule has 0 aromatic rings. The summed E-state index contributed by atoms with van der Waals surface area (Å²) in [5.74, 6) is 0. The first kappa shape index (κ1) is 7.98. The second-order valence-corrected chi connectivity index (χ2v) is 2.98. The molecule has 1 rings (SSSR count). The van der Waals surface area contributed by atoms with Gasteiger partial charge in [0.2, 0.25) is 0 Å². The van der Waals surface area contributed by atoms with Gasteiger partial charge in [0.15, 0.2) is 0 Å². The van der Waals surface area contributed by atoms with Gasteiger partial charge in [-0.2, -0.15) is 0 Å². The van der Waals surface area contributed by atoms with Crippen molar-refractivity contribution in [3.05, 3.63) is 0 Å². The Bertz CT molecular complexity index is 97.8. The predicted octanol–water partition coefficient (Wildman–Crippen LogP) is -0.126. The summed E-state index contributed by atoms with van der Waals surface area (Å²) >= 11 is 0. The fourth-order valence-electron chi connectivity index (χ4n) is 1.42. The highest BCUT2D eigenvalue weighted by Gasteiger charge is 2.23. The van der Waals surface area contributed by atoms with E-state index in [1.54, 1.807) is 0 Å². The summed E-state index contributed by atoms with van der Waals surface area (Å²) in [6.45, 7) is 2.08. The second-order valence-electron chi connectivity index (χ2n) is 2.98. The van der Waals surface area contributed by atoms with E-state index in [-0.39, 0.29) is 24.9 Å². The first-order valence-electron chi connectivity index (χ1n) is 3.74. The maximum atomic E-state index is 8.75. The van der Waals surface area contributed by atoms with E-state index in [2.05, 4.69) is 0 Å². The molecule has 60 valence electrons. The Morgan fingerprint density at radius 1 is 1.60 bits per heavy atom. The van der Waals surface area contributed by atoms with Crippen LogP contribution in [-0.2, 0) is 4.74 Å². The zero-order valence-corrected chi connectivity index (χ0v) is 6.29. The minimum atomic E-state index is -0.0289. The molecule has 0 aromatic carbocycles. The molecule has 3 heteroatoms. The van der Waals surface area contributed by atoms with Crippen LogP contribution in [0.15, 0.2) is 0 Å². The minimum absolute atomic E-state index is 0.0289. The summed E-state index contributed by atoms with van der Waals surface area (Å²) in [5.41, 5.74) is 5.70. The SMILES string of the molecule is CC1CC(N)CC(CO)O1. The maximum Gasteiger partial charge on any atom is 0.0824 e. The summed E-state index contributed by atoms with van der Waals surface area (Å²) in [6, 6.07) is 0.209. The summed E-state index contributed by atoms with van der Waals surface area (Å²) in [7, 11) is 0. The van der Waals surface area contributed by atoms with Gasteiger partial charge in [-0.1, -0.05) is 0 Å². The Morgan fingerprint density at radius 2 is 2.30 bits per heavy atom. The summed E-state index contributed by atoms with van der Waals surface area (Å²) in [6.07, 6.45) is 1.89. The lowest BCUT2D eigenvalue weighted by atomic mass is 10.0. The molecule has 0 saturated carbocycles. The fourth-order valence-corrected chi connectivity index (χ4v) is 1.42. The van der Waals surface area contributed by atoms with Crippen LogP contribution >= 0.6 is 0 Å². The third-order valence-electron chi connectivity index (χ3n) is 1.83. The van der Waals surface area contributed by atoms with Gasteiger partial charge in [0, 0.05) is 6.04 Å². The molecule has 3 unspecified atom stereocenters. The molecule has 10 heavy (non-hydrogen) atoms. The first-order valence-corrected chi connectivity index (χ1v) is 3.74. The lowest BCUT2D eigenvalue weighted by Crippen LogP contribution is -2.40. The summed E-state index contributed by atoms with van der Waals surface area (Å²) < 4.78 is 5.38. The van der Waals surface area contributed by atoms with Crippen molar-refractivity contribution >= 4 is 0 Å². The molecule has 3 N–H and O–H groups in total. The van der Waals surface area contributed by atoms with Gasteiger partial charge < -0.3 is 15.6 Å². The van der Waals surface area contributed by atoms with Crippen molar-refractivity contribution in [1.82, 2.24) is 0 Å². The van der Waals surface area contributed by atoms with Crippen LogP contribution in [0.4, 0.5) is 0 Å². The lowest BCUT2D eigenvalue weighted by Gasteiger charge is -2.30. The highest BCUT2D eigenvalue weighted by Crippen LogP contribution is 2.16. The van der Waals surface area contributed by atoms with E-state index in [1.807, 2.05) is 6.92 Å². The van der Waals surface area contributed by atoms with Gasteiger partial charge in [-0.15, -0.1) is 0 Å². The van der Waals surface area contributed by atoms with Gasteiger partial charge in [-0.3, -0.25) is 0 Å². The van der Waals surface area contributed by atoms with Gasteiger partial charge in [-0.05, 0) is 19.8 Å². The number of ether oxygens (including phenoxy) is 1. The standard InChI is InChI=1S/C7H15NO2/c1-5-2-6(8)3-7(4-9)10-5/h5-7,9H,2-4,8H2,1H3. The van der Waals surface area contributed by atoms with Crippen molar-refractivity contribution in [3.63, 3.8) is 0 Å². The lowest BCUT2D eigenvalue weighted by molar-refractivity contribution is -0.0694.